The van der Waals surface area contributed by atoms with Gasteiger partial charge in [-0.1, -0.05) is 19.9 Å². The van der Waals surface area contributed by atoms with Crippen molar-refractivity contribution in [2.75, 3.05) is 17.7 Å². The fraction of sp³-hybridized carbons (Fsp3) is 0.360. The average molecular weight is 404 g/mol. The summed E-state index contributed by atoms with van der Waals surface area (Å²) in [5.41, 5.74) is 11.2. The Bertz CT molecular complexity index is 1190. The predicted octanol–water partition coefficient (Wildman–Crippen LogP) is 4.88. The molecule has 1 saturated carbocycles. The van der Waals surface area contributed by atoms with Gasteiger partial charge in [-0.25, -0.2) is 0 Å². The molecule has 1 heterocycles. The number of anilines is 2. The van der Waals surface area contributed by atoms with Gasteiger partial charge in [-0.05, 0) is 73.1 Å². The molecule has 0 aliphatic heterocycles. The first-order valence-electron chi connectivity index (χ1n) is 10.7. The van der Waals surface area contributed by atoms with E-state index in [2.05, 4.69) is 13.8 Å². The van der Waals surface area contributed by atoms with Crippen LogP contribution in [-0.2, 0) is 6.54 Å². The van der Waals surface area contributed by atoms with Crippen molar-refractivity contribution in [1.29, 1.82) is 0 Å². The van der Waals surface area contributed by atoms with Gasteiger partial charge >= 0.3 is 0 Å². The molecule has 0 atom stereocenters. The molecule has 1 aliphatic carbocycles. The summed E-state index contributed by atoms with van der Waals surface area (Å²) in [7, 11) is 1.77. The molecular formula is C25H29N3O2. The molecule has 1 amide bonds. The molecule has 2 N–H and O–H groups in total. The van der Waals surface area contributed by atoms with Crippen molar-refractivity contribution in [3.63, 3.8) is 0 Å². The van der Waals surface area contributed by atoms with Crippen LogP contribution in [0.1, 0.15) is 66.9 Å². The van der Waals surface area contributed by atoms with E-state index >= 15 is 0 Å². The van der Waals surface area contributed by atoms with E-state index in [4.69, 9.17) is 5.73 Å². The highest BCUT2D eigenvalue weighted by Gasteiger charge is 2.25. The van der Waals surface area contributed by atoms with Gasteiger partial charge in [-0.15, -0.1) is 0 Å². The van der Waals surface area contributed by atoms with Gasteiger partial charge < -0.3 is 15.2 Å². The molecule has 3 aromatic rings. The number of aryl methyl sites for hydroxylation is 1. The Morgan fingerprint density at radius 2 is 1.90 bits per heavy atom. The first kappa shape index (κ1) is 20.2. The molecule has 2 aromatic carbocycles. The van der Waals surface area contributed by atoms with E-state index in [1.165, 1.54) is 18.4 Å². The minimum atomic E-state index is -0.135. The van der Waals surface area contributed by atoms with Crippen molar-refractivity contribution >= 4 is 28.2 Å². The highest BCUT2D eigenvalue weighted by molar-refractivity contribution is 6.09. The van der Waals surface area contributed by atoms with Crippen molar-refractivity contribution in [3.05, 3.63) is 69.5 Å². The maximum absolute atomic E-state index is 13.2. The Kier molecular flexibility index (Phi) is 5.14. The van der Waals surface area contributed by atoms with Crippen molar-refractivity contribution in [3.8, 4) is 0 Å². The van der Waals surface area contributed by atoms with Crippen LogP contribution in [-0.4, -0.2) is 17.5 Å². The van der Waals surface area contributed by atoms with Gasteiger partial charge in [0.2, 0.25) is 0 Å². The highest BCUT2D eigenvalue weighted by atomic mass is 16.2. The zero-order valence-electron chi connectivity index (χ0n) is 18.1. The van der Waals surface area contributed by atoms with Gasteiger partial charge in [0.25, 0.3) is 11.5 Å². The van der Waals surface area contributed by atoms with Crippen LogP contribution in [0.3, 0.4) is 0 Å². The van der Waals surface area contributed by atoms with Crippen molar-refractivity contribution in [2.45, 2.75) is 52.0 Å². The minimum Gasteiger partial charge on any atom is -0.398 e. The number of fused-ring (bicyclic) bond motifs is 1. The average Bonchev–Trinajstić information content (AvgIpc) is 3.57. The second-order valence-electron chi connectivity index (χ2n) is 8.52. The van der Waals surface area contributed by atoms with Gasteiger partial charge in [0.05, 0.1) is 11.1 Å². The molecule has 1 fully saturated rings. The highest BCUT2D eigenvalue weighted by Crippen LogP contribution is 2.41. The lowest BCUT2D eigenvalue weighted by atomic mass is 9.98. The van der Waals surface area contributed by atoms with Gasteiger partial charge in [0.1, 0.15) is 0 Å². The lowest BCUT2D eigenvalue weighted by molar-refractivity contribution is 0.0994. The second-order valence-corrected chi connectivity index (χ2v) is 8.52. The molecule has 0 saturated heterocycles. The van der Waals surface area contributed by atoms with Gasteiger partial charge in [-0.2, -0.15) is 0 Å². The third-order valence-electron chi connectivity index (χ3n) is 6.11. The number of hydrogen-bond acceptors (Lipinski definition) is 3. The predicted molar refractivity (Wildman–Crippen MR) is 124 cm³/mol. The molecule has 0 unspecified atom stereocenters. The first-order chi connectivity index (χ1) is 14.3. The molecule has 5 heteroatoms. The summed E-state index contributed by atoms with van der Waals surface area (Å²) >= 11 is 0. The minimum absolute atomic E-state index is 0.00871. The van der Waals surface area contributed by atoms with E-state index in [-0.39, 0.29) is 17.4 Å². The summed E-state index contributed by atoms with van der Waals surface area (Å²) in [4.78, 5) is 27.3. The number of nitrogens with two attached hydrogens (primary N) is 1. The second kappa shape index (κ2) is 7.63. The summed E-state index contributed by atoms with van der Waals surface area (Å²) in [5.74, 6) is 0.665. The molecule has 156 valence electrons. The van der Waals surface area contributed by atoms with Crippen LogP contribution in [0.5, 0.6) is 0 Å². The number of hydrogen-bond donors (Lipinski definition) is 1. The Morgan fingerprint density at radius 3 is 2.50 bits per heavy atom. The largest absolute Gasteiger partial charge is 0.398 e. The van der Waals surface area contributed by atoms with Crippen molar-refractivity contribution in [1.82, 2.24) is 4.57 Å². The summed E-state index contributed by atoms with van der Waals surface area (Å²) in [6.45, 7) is 6.72. The summed E-state index contributed by atoms with van der Waals surface area (Å²) < 4.78 is 1.77. The van der Waals surface area contributed by atoms with Crippen LogP contribution in [0.4, 0.5) is 11.4 Å². The lowest BCUT2D eigenvalue weighted by Crippen LogP contribution is -2.27. The first-order valence-corrected chi connectivity index (χ1v) is 10.7. The quantitative estimate of drug-likeness (QED) is 0.617. The maximum atomic E-state index is 13.2. The number of nitrogens with zero attached hydrogens (tertiary/aromatic N) is 2. The molecule has 0 bridgehead atoms. The third kappa shape index (κ3) is 3.49. The zero-order chi connectivity index (χ0) is 21.6. The number of rotatable bonds is 5. The molecule has 30 heavy (non-hydrogen) atoms. The van der Waals surface area contributed by atoms with E-state index in [0.29, 0.717) is 23.7 Å². The third-order valence-corrected chi connectivity index (χ3v) is 6.11. The van der Waals surface area contributed by atoms with E-state index in [1.807, 2.05) is 43.3 Å². The van der Waals surface area contributed by atoms with Crippen LogP contribution in [0.25, 0.3) is 10.9 Å². The molecule has 4 rings (SSSR count). The fourth-order valence-corrected chi connectivity index (χ4v) is 4.16. The zero-order valence-corrected chi connectivity index (χ0v) is 18.1. The van der Waals surface area contributed by atoms with Gasteiger partial charge in [0, 0.05) is 36.4 Å². The van der Waals surface area contributed by atoms with E-state index < -0.39 is 0 Å². The number of carbonyl (C=O) groups excluding carboxylic acids is 1. The monoisotopic (exact) mass is 403 g/mol. The van der Waals surface area contributed by atoms with Crippen molar-refractivity contribution < 1.29 is 4.79 Å². The Morgan fingerprint density at radius 1 is 1.17 bits per heavy atom. The summed E-state index contributed by atoms with van der Waals surface area (Å²) in [5, 5.41) is 1.00. The topological polar surface area (TPSA) is 68.3 Å². The van der Waals surface area contributed by atoms with Crippen molar-refractivity contribution in [2.24, 2.45) is 0 Å². The number of carbonyl (C=O) groups is 1. The number of aromatic nitrogens is 1. The molecule has 0 spiro atoms. The summed E-state index contributed by atoms with van der Waals surface area (Å²) in [6, 6.07) is 13.4. The molecule has 0 radical (unpaired) electrons. The SMILES string of the molecule is CCn1c(=O)cc(C(C)C)c2cc(N(C)C(=O)c3ccc(C4CC4)cc3N)ccc21. The Labute approximate surface area is 177 Å². The molecular weight excluding hydrogens is 374 g/mol. The number of pyridine rings is 1. The van der Waals surface area contributed by atoms with Crippen LogP contribution < -0.4 is 16.2 Å². The lowest BCUT2D eigenvalue weighted by Gasteiger charge is -2.21. The van der Waals surface area contributed by atoms with Crippen LogP contribution in [0.15, 0.2) is 47.3 Å². The van der Waals surface area contributed by atoms with Crippen LogP contribution in [0.2, 0.25) is 0 Å². The summed E-state index contributed by atoms with van der Waals surface area (Å²) in [6.07, 6.45) is 2.40. The normalized spacial score (nSPS) is 13.8. The Hall–Kier alpha value is -3.08. The number of benzene rings is 2. The molecule has 1 aromatic heterocycles. The number of amides is 1. The molecule has 1 aliphatic rings. The van der Waals surface area contributed by atoms with Gasteiger partial charge in [-0.3, -0.25) is 9.59 Å². The Balaban J connectivity index is 1.75. The fourth-order valence-electron chi connectivity index (χ4n) is 4.16. The smallest absolute Gasteiger partial charge is 0.260 e. The number of nitrogen functional groups attached to an aromatic ring is 1. The molecule has 5 nitrogen and oxygen atoms in total. The van der Waals surface area contributed by atoms with Crippen LogP contribution in [0, 0.1) is 0 Å². The van der Waals surface area contributed by atoms with Crippen LogP contribution >= 0.6 is 0 Å². The van der Waals surface area contributed by atoms with E-state index in [9.17, 15) is 9.59 Å². The van der Waals surface area contributed by atoms with E-state index in [0.717, 1.165) is 22.2 Å². The standard InChI is InChI=1S/C25H29N3O2/c1-5-28-23-11-9-18(13-21(23)20(15(2)3)14-24(28)29)27(4)25(30)19-10-8-17(12-22(19)26)16-6-7-16/h8-16H,5-7,26H2,1-4H3. The van der Waals surface area contributed by atoms with E-state index in [1.54, 1.807) is 22.6 Å². The van der Waals surface area contributed by atoms with Gasteiger partial charge in [0.15, 0.2) is 0 Å². The maximum Gasteiger partial charge on any atom is 0.260 e.